The van der Waals surface area contributed by atoms with Crippen LogP contribution in [0.25, 0.3) is 0 Å². The van der Waals surface area contributed by atoms with Crippen LogP contribution in [0.5, 0.6) is 0 Å². The Bertz CT molecular complexity index is 205. The molecule has 0 heterocycles. The number of carbonyl (C=O) groups excluding carboxylic acids is 1. The third-order valence-electron chi connectivity index (χ3n) is 2.94. The van der Waals surface area contributed by atoms with E-state index >= 15 is 0 Å². The zero-order valence-corrected chi connectivity index (χ0v) is 11.1. The fourth-order valence-corrected chi connectivity index (χ4v) is 1.19. The lowest BCUT2D eigenvalue weighted by Gasteiger charge is -2.30. The van der Waals surface area contributed by atoms with Gasteiger partial charge in [0.25, 0.3) is 0 Å². The van der Waals surface area contributed by atoms with Crippen LogP contribution in [0.2, 0.25) is 0 Å². The zero-order chi connectivity index (χ0) is 12.1. The van der Waals surface area contributed by atoms with E-state index in [0.717, 1.165) is 25.7 Å². The van der Waals surface area contributed by atoms with Crippen molar-refractivity contribution >= 4 is 5.97 Å². The van der Waals surface area contributed by atoms with E-state index in [4.69, 9.17) is 4.74 Å². The highest BCUT2D eigenvalue weighted by molar-refractivity contribution is 5.76. The number of ether oxygens (including phenoxy) is 1. The molecular weight excluding hydrogens is 188 g/mol. The first-order chi connectivity index (χ1) is 6.75. The van der Waals surface area contributed by atoms with Crippen molar-refractivity contribution < 1.29 is 9.53 Å². The van der Waals surface area contributed by atoms with E-state index in [0.29, 0.717) is 0 Å². The van der Waals surface area contributed by atoms with Crippen LogP contribution in [0.1, 0.15) is 67.2 Å². The molecule has 0 rings (SSSR count). The van der Waals surface area contributed by atoms with E-state index in [-0.39, 0.29) is 17.0 Å². The fourth-order valence-electron chi connectivity index (χ4n) is 1.19. The summed E-state index contributed by atoms with van der Waals surface area (Å²) < 4.78 is 5.56. The molecule has 0 N–H and O–H groups in total. The molecule has 0 bridgehead atoms. The highest BCUT2D eigenvalue weighted by Gasteiger charge is 2.32. The average molecular weight is 214 g/mol. The maximum atomic E-state index is 11.9. The Morgan fingerprint density at radius 2 is 1.67 bits per heavy atom. The normalized spacial score (nSPS) is 12.7. The third kappa shape index (κ3) is 5.19. The van der Waals surface area contributed by atoms with Gasteiger partial charge in [0.2, 0.25) is 0 Å². The Hall–Kier alpha value is -0.530. The number of carbonyl (C=O) groups is 1. The molecule has 0 unspecified atom stereocenters. The summed E-state index contributed by atoms with van der Waals surface area (Å²) in [6.45, 7) is 12.0. The van der Waals surface area contributed by atoms with E-state index in [1.54, 1.807) is 0 Å². The molecule has 0 aromatic heterocycles. The quantitative estimate of drug-likeness (QED) is 0.626. The highest BCUT2D eigenvalue weighted by atomic mass is 16.6. The highest BCUT2D eigenvalue weighted by Crippen LogP contribution is 2.27. The summed E-state index contributed by atoms with van der Waals surface area (Å²) in [7, 11) is 0. The Labute approximate surface area is 94.4 Å². The Morgan fingerprint density at radius 3 is 2.07 bits per heavy atom. The first kappa shape index (κ1) is 14.5. The predicted octanol–water partition coefficient (Wildman–Crippen LogP) is 3.93. The van der Waals surface area contributed by atoms with Gasteiger partial charge >= 0.3 is 5.97 Å². The number of hydrogen-bond acceptors (Lipinski definition) is 2. The molecule has 0 aromatic rings. The number of unbranched alkanes of at least 4 members (excludes halogenated alkanes) is 1. The second-order valence-corrected chi connectivity index (χ2v) is 5.49. The second-order valence-electron chi connectivity index (χ2n) is 5.49. The lowest BCUT2D eigenvalue weighted by Crippen LogP contribution is -2.35. The maximum Gasteiger partial charge on any atom is 0.312 e. The number of hydrogen-bond donors (Lipinski definition) is 0. The van der Waals surface area contributed by atoms with Crippen LogP contribution in [0.3, 0.4) is 0 Å². The second kappa shape index (κ2) is 5.53. The lowest BCUT2D eigenvalue weighted by molar-refractivity contribution is -0.168. The molecule has 0 spiro atoms. The van der Waals surface area contributed by atoms with E-state index in [1.165, 1.54) is 0 Å². The summed E-state index contributed by atoms with van der Waals surface area (Å²) in [5.41, 5.74) is -0.678. The van der Waals surface area contributed by atoms with E-state index in [9.17, 15) is 4.79 Å². The number of esters is 1. The van der Waals surface area contributed by atoms with Gasteiger partial charge in [-0.3, -0.25) is 4.79 Å². The molecule has 0 aliphatic carbocycles. The molecule has 0 fully saturated rings. The van der Waals surface area contributed by atoms with Gasteiger partial charge < -0.3 is 4.74 Å². The maximum absolute atomic E-state index is 11.9. The summed E-state index contributed by atoms with van der Waals surface area (Å²) in [4.78, 5) is 11.9. The first-order valence-electron chi connectivity index (χ1n) is 5.98. The van der Waals surface area contributed by atoms with E-state index < -0.39 is 0 Å². The monoisotopic (exact) mass is 214 g/mol. The predicted molar refractivity (Wildman–Crippen MR) is 63.8 cm³/mol. The average Bonchev–Trinajstić information content (AvgIpc) is 2.14. The molecule has 2 nitrogen and oxygen atoms in total. The summed E-state index contributed by atoms with van der Waals surface area (Å²) in [6.07, 6.45) is 4.00. The summed E-state index contributed by atoms with van der Waals surface area (Å²) in [5.74, 6) is -0.0777. The van der Waals surface area contributed by atoms with Crippen molar-refractivity contribution in [3.05, 3.63) is 0 Å². The molecule has 0 saturated carbocycles. The molecule has 0 aromatic carbocycles. The van der Waals surface area contributed by atoms with Crippen molar-refractivity contribution in [2.75, 3.05) is 0 Å². The topological polar surface area (TPSA) is 26.3 Å². The Morgan fingerprint density at radius 1 is 1.13 bits per heavy atom. The minimum Gasteiger partial charge on any atom is -0.459 e. The zero-order valence-electron chi connectivity index (χ0n) is 11.1. The molecule has 2 heteroatoms. The molecule has 0 aliphatic rings. The van der Waals surface area contributed by atoms with Crippen LogP contribution in [-0.4, -0.2) is 11.6 Å². The van der Waals surface area contributed by atoms with Crippen molar-refractivity contribution in [3.8, 4) is 0 Å². The van der Waals surface area contributed by atoms with Crippen molar-refractivity contribution in [3.63, 3.8) is 0 Å². The van der Waals surface area contributed by atoms with Gasteiger partial charge in [0.1, 0.15) is 5.60 Å². The van der Waals surface area contributed by atoms with Crippen LogP contribution >= 0.6 is 0 Å². The molecule has 0 aliphatic heterocycles. The van der Waals surface area contributed by atoms with Crippen molar-refractivity contribution in [2.45, 2.75) is 72.8 Å². The number of rotatable bonds is 6. The van der Waals surface area contributed by atoms with Gasteiger partial charge in [0.05, 0.1) is 5.41 Å². The first-order valence-corrected chi connectivity index (χ1v) is 5.98. The molecular formula is C13H26O2. The SMILES string of the molecule is CCCCC(C)(C)OC(=O)C(C)(C)CC. The molecule has 90 valence electrons. The van der Waals surface area contributed by atoms with Crippen LogP contribution in [0.15, 0.2) is 0 Å². The largest absolute Gasteiger partial charge is 0.459 e. The van der Waals surface area contributed by atoms with Crippen LogP contribution in [0, 0.1) is 5.41 Å². The van der Waals surface area contributed by atoms with Crippen LogP contribution in [0.4, 0.5) is 0 Å². The van der Waals surface area contributed by atoms with Crippen molar-refractivity contribution in [2.24, 2.45) is 5.41 Å². The van der Waals surface area contributed by atoms with Gasteiger partial charge in [-0.1, -0.05) is 20.3 Å². The van der Waals surface area contributed by atoms with Crippen LogP contribution < -0.4 is 0 Å². The van der Waals surface area contributed by atoms with Gasteiger partial charge in [-0.2, -0.15) is 0 Å². The third-order valence-corrected chi connectivity index (χ3v) is 2.94. The standard InChI is InChI=1S/C13H26O2/c1-7-9-10-13(5,6)15-11(14)12(3,4)8-2/h7-10H2,1-6H3. The molecule has 0 saturated heterocycles. The summed E-state index contributed by atoms with van der Waals surface area (Å²) in [5, 5.41) is 0. The van der Waals surface area contributed by atoms with E-state index in [2.05, 4.69) is 6.92 Å². The molecule has 0 radical (unpaired) electrons. The minimum atomic E-state index is -0.358. The molecule has 15 heavy (non-hydrogen) atoms. The fraction of sp³-hybridized carbons (Fsp3) is 0.923. The van der Waals surface area contributed by atoms with Gasteiger partial charge in [-0.15, -0.1) is 0 Å². The Kier molecular flexibility index (Phi) is 5.33. The van der Waals surface area contributed by atoms with Crippen molar-refractivity contribution in [1.82, 2.24) is 0 Å². The van der Waals surface area contributed by atoms with Crippen molar-refractivity contribution in [1.29, 1.82) is 0 Å². The van der Waals surface area contributed by atoms with Gasteiger partial charge in [-0.05, 0) is 47.0 Å². The van der Waals surface area contributed by atoms with Crippen LogP contribution in [-0.2, 0) is 9.53 Å². The molecule has 0 amide bonds. The minimum absolute atomic E-state index is 0.0777. The summed E-state index contributed by atoms with van der Waals surface area (Å²) in [6, 6.07) is 0. The van der Waals surface area contributed by atoms with Gasteiger partial charge in [0, 0.05) is 0 Å². The van der Waals surface area contributed by atoms with Gasteiger partial charge in [0.15, 0.2) is 0 Å². The molecule has 0 atom stereocenters. The van der Waals surface area contributed by atoms with Gasteiger partial charge in [-0.25, -0.2) is 0 Å². The smallest absolute Gasteiger partial charge is 0.312 e. The Balaban J connectivity index is 4.27. The lowest BCUT2D eigenvalue weighted by atomic mass is 9.90. The van der Waals surface area contributed by atoms with E-state index in [1.807, 2.05) is 34.6 Å². The summed E-state index contributed by atoms with van der Waals surface area (Å²) >= 11 is 0.